The number of hydrazine groups is 1. The van der Waals surface area contributed by atoms with E-state index in [1.54, 1.807) is 13.0 Å². The largest absolute Gasteiger partial charge is 0.459 e. The van der Waals surface area contributed by atoms with Crippen LogP contribution in [0, 0.1) is 17.0 Å². The Balaban J connectivity index is 1.97. The lowest BCUT2D eigenvalue weighted by atomic mass is 10.2. The van der Waals surface area contributed by atoms with Gasteiger partial charge in [-0.15, -0.1) is 0 Å². The van der Waals surface area contributed by atoms with Gasteiger partial charge in [-0.3, -0.25) is 30.6 Å². The van der Waals surface area contributed by atoms with E-state index < -0.39 is 16.7 Å². The molecule has 0 aliphatic rings. The van der Waals surface area contributed by atoms with Crippen LogP contribution in [-0.2, 0) is 0 Å². The summed E-state index contributed by atoms with van der Waals surface area (Å²) in [6.45, 7) is 1.69. The maximum absolute atomic E-state index is 11.8. The second-order valence-corrected chi connectivity index (χ2v) is 4.14. The van der Waals surface area contributed by atoms with E-state index >= 15 is 0 Å². The van der Waals surface area contributed by atoms with Crippen LogP contribution in [0.2, 0.25) is 0 Å². The molecule has 2 rings (SSSR count). The molecule has 1 aromatic heterocycles. The first-order valence-electron chi connectivity index (χ1n) is 5.88. The molecule has 0 aliphatic heterocycles. The molecule has 0 bridgehead atoms. The van der Waals surface area contributed by atoms with Crippen molar-refractivity contribution in [2.24, 2.45) is 0 Å². The fourth-order valence-electron chi connectivity index (χ4n) is 1.58. The summed E-state index contributed by atoms with van der Waals surface area (Å²) >= 11 is 0. The van der Waals surface area contributed by atoms with Crippen molar-refractivity contribution in [3.63, 3.8) is 0 Å². The van der Waals surface area contributed by atoms with E-state index in [9.17, 15) is 19.7 Å². The Hall–Kier alpha value is -3.16. The second-order valence-electron chi connectivity index (χ2n) is 4.14. The lowest BCUT2D eigenvalue weighted by Crippen LogP contribution is -2.41. The molecule has 0 unspecified atom stereocenters. The van der Waals surface area contributed by atoms with Crippen LogP contribution in [-0.4, -0.2) is 16.7 Å². The highest BCUT2D eigenvalue weighted by atomic mass is 16.6. The molecule has 2 aromatic rings. The number of carbonyl (C=O) groups excluding carboxylic acids is 2. The third-order valence-corrected chi connectivity index (χ3v) is 2.70. The number of nitro benzene ring substituents is 1. The van der Waals surface area contributed by atoms with Gasteiger partial charge >= 0.3 is 5.91 Å². The van der Waals surface area contributed by atoms with E-state index in [1.807, 2.05) is 0 Å². The normalized spacial score (nSPS) is 9.95. The van der Waals surface area contributed by atoms with Crippen LogP contribution in [0.15, 0.2) is 41.0 Å². The number of nitrogens with one attached hydrogen (secondary N) is 2. The summed E-state index contributed by atoms with van der Waals surface area (Å²) < 4.78 is 4.97. The molecule has 0 saturated carbocycles. The van der Waals surface area contributed by atoms with Gasteiger partial charge in [0, 0.05) is 23.3 Å². The smallest absolute Gasteiger partial charge is 0.305 e. The van der Waals surface area contributed by atoms with Crippen LogP contribution in [0.4, 0.5) is 5.69 Å². The third-order valence-electron chi connectivity index (χ3n) is 2.70. The Morgan fingerprint density at radius 2 is 1.71 bits per heavy atom. The number of non-ortho nitro benzene ring substituents is 1. The number of aryl methyl sites for hydroxylation is 1. The summed E-state index contributed by atoms with van der Waals surface area (Å²) in [5.41, 5.74) is 5.08. The number of rotatable bonds is 3. The van der Waals surface area contributed by atoms with Gasteiger partial charge in [0.15, 0.2) is 5.76 Å². The van der Waals surface area contributed by atoms with Gasteiger partial charge in [-0.25, -0.2) is 0 Å². The highest BCUT2D eigenvalue weighted by molar-refractivity contribution is 5.98. The predicted molar refractivity (Wildman–Crippen MR) is 71.5 cm³/mol. The highest BCUT2D eigenvalue weighted by Crippen LogP contribution is 2.11. The standard InChI is InChI=1S/C13H11N3O5/c1-8-6-7-21-11(8)13(18)15-14-12(17)9-2-4-10(5-3-9)16(19)20/h2-7H,1H3,(H,14,17)(H,15,18). The molecule has 0 radical (unpaired) electrons. The van der Waals surface area contributed by atoms with Gasteiger partial charge in [0.1, 0.15) is 0 Å². The molecule has 1 aromatic carbocycles. The Bertz CT molecular complexity index is 690. The number of hydrogen-bond acceptors (Lipinski definition) is 5. The van der Waals surface area contributed by atoms with Crippen molar-refractivity contribution in [2.75, 3.05) is 0 Å². The number of carbonyl (C=O) groups is 2. The third kappa shape index (κ3) is 3.24. The monoisotopic (exact) mass is 289 g/mol. The minimum Gasteiger partial charge on any atom is -0.459 e. The number of furan rings is 1. The van der Waals surface area contributed by atoms with Crippen molar-refractivity contribution >= 4 is 17.5 Å². The van der Waals surface area contributed by atoms with Gasteiger partial charge < -0.3 is 4.42 Å². The second kappa shape index (κ2) is 5.87. The van der Waals surface area contributed by atoms with Crippen LogP contribution in [0.5, 0.6) is 0 Å². The zero-order valence-corrected chi connectivity index (χ0v) is 11.0. The molecule has 8 nitrogen and oxygen atoms in total. The molecular weight excluding hydrogens is 278 g/mol. The van der Waals surface area contributed by atoms with E-state index in [2.05, 4.69) is 10.9 Å². The Labute approximate surface area is 118 Å². The average molecular weight is 289 g/mol. The summed E-state index contributed by atoms with van der Waals surface area (Å²) in [6, 6.07) is 6.60. The first kappa shape index (κ1) is 14.3. The number of hydrogen-bond donors (Lipinski definition) is 2. The summed E-state index contributed by atoms with van der Waals surface area (Å²) in [7, 11) is 0. The maximum Gasteiger partial charge on any atom is 0.305 e. The van der Waals surface area contributed by atoms with Crippen LogP contribution in [0.25, 0.3) is 0 Å². The minimum atomic E-state index is -0.595. The van der Waals surface area contributed by atoms with Crippen molar-refractivity contribution in [2.45, 2.75) is 6.92 Å². The van der Waals surface area contributed by atoms with Crippen molar-refractivity contribution in [1.82, 2.24) is 10.9 Å². The Morgan fingerprint density at radius 1 is 1.10 bits per heavy atom. The number of amides is 2. The lowest BCUT2D eigenvalue weighted by molar-refractivity contribution is -0.384. The average Bonchev–Trinajstić information content (AvgIpc) is 2.90. The summed E-state index contributed by atoms with van der Waals surface area (Å²) in [6.07, 6.45) is 1.36. The summed E-state index contributed by atoms with van der Waals surface area (Å²) in [5.74, 6) is -1.09. The van der Waals surface area contributed by atoms with E-state index in [0.717, 1.165) is 0 Å². The number of nitro groups is 1. The molecule has 0 atom stereocenters. The Morgan fingerprint density at radius 3 is 2.24 bits per heavy atom. The fraction of sp³-hybridized carbons (Fsp3) is 0.0769. The van der Waals surface area contributed by atoms with Crippen molar-refractivity contribution < 1.29 is 18.9 Å². The number of benzene rings is 1. The quantitative estimate of drug-likeness (QED) is 0.657. The van der Waals surface area contributed by atoms with Gasteiger partial charge in [-0.05, 0) is 25.1 Å². The topological polar surface area (TPSA) is 114 Å². The first-order valence-corrected chi connectivity index (χ1v) is 5.88. The van der Waals surface area contributed by atoms with E-state index in [4.69, 9.17) is 4.42 Å². The first-order chi connectivity index (χ1) is 9.99. The molecule has 108 valence electrons. The molecule has 2 amide bonds. The van der Waals surface area contributed by atoms with E-state index in [1.165, 1.54) is 30.5 Å². The van der Waals surface area contributed by atoms with Gasteiger partial charge in [0.25, 0.3) is 11.6 Å². The molecule has 0 spiro atoms. The van der Waals surface area contributed by atoms with E-state index in [-0.39, 0.29) is 17.0 Å². The maximum atomic E-state index is 11.8. The van der Waals surface area contributed by atoms with Crippen LogP contribution < -0.4 is 10.9 Å². The summed E-state index contributed by atoms with van der Waals surface area (Å²) in [5, 5.41) is 10.5. The van der Waals surface area contributed by atoms with Crippen LogP contribution >= 0.6 is 0 Å². The van der Waals surface area contributed by atoms with Gasteiger partial charge in [0.2, 0.25) is 0 Å². The zero-order chi connectivity index (χ0) is 15.4. The number of nitrogens with zero attached hydrogens (tertiary/aromatic N) is 1. The van der Waals surface area contributed by atoms with Crippen molar-refractivity contribution in [3.8, 4) is 0 Å². The molecule has 2 N–H and O–H groups in total. The molecule has 0 fully saturated rings. The molecule has 1 heterocycles. The minimum absolute atomic E-state index is 0.0963. The van der Waals surface area contributed by atoms with E-state index in [0.29, 0.717) is 5.56 Å². The van der Waals surface area contributed by atoms with Crippen LogP contribution in [0.1, 0.15) is 26.5 Å². The van der Waals surface area contributed by atoms with Crippen LogP contribution in [0.3, 0.4) is 0 Å². The van der Waals surface area contributed by atoms with Crippen molar-refractivity contribution in [1.29, 1.82) is 0 Å². The molecule has 0 saturated heterocycles. The lowest BCUT2D eigenvalue weighted by Gasteiger charge is -2.06. The molecule has 21 heavy (non-hydrogen) atoms. The molecule has 0 aliphatic carbocycles. The fourth-order valence-corrected chi connectivity index (χ4v) is 1.58. The highest BCUT2D eigenvalue weighted by Gasteiger charge is 2.14. The summed E-state index contributed by atoms with van der Waals surface area (Å²) in [4.78, 5) is 33.4. The molecule has 8 heteroatoms. The predicted octanol–water partition coefficient (Wildman–Crippen LogP) is 1.57. The van der Waals surface area contributed by atoms with Gasteiger partial charge in [0.05, 0.1) is 11.2 Å². The van der Waals surface area contributed by atoms with Crippen molar-refractivity contribution in [3.05, 3.63) is 63.6 Å². The zero-order valence-electron chi connectivity index (χ0n) is 11.0. The molecular formula is C13H11N3O5. The van der Waals surface area contributed by atoms with Gasteiger partial charge in [-0.1, -0.05) is 0 Å². The van der Waals surface area contributed by atoms with Gasteiger partial charge in [-0.2, -0.15) is 0 Å². The Kier molecular flexibility index (Phi) is 3.98. The SMILES string of the molecule is Cc1ccoc1C(=O)NNC(=O)c1ccc([N+](=O)[O-])cc1.